The molecule has 0 aromatic carbocycles. The number of allylic oxidation sites excluding steroid dienone is 8. The first-order valence-corrected chi connectivity index (χ1v) is 20.5. The summed E-state index contributed by atoms with van der Waals surface area (Å²) in [7, 11) is -4.76. The van der Waals surface area contributed by atoms with Crippen molar-refractivity contribution in [2.24, 2.45) is 0 Å². The Morgan fingerprint density at radius 2 is 1.00 bits per heavy atom. The maximum absolute atomic E-state index is 12.4. The number of unbranched alkanes of at least 4 members (excludes halogenated alkanes) is 16. The molecular weight excluding hydrogens is 627 g/mol. The first kappa shape index (κ1) is 46.0. The van der Waals surface area contributed by atoms with Crippen LogP contribution in [0.3, 0.4) is 0 Å². The van der Waals surface area contributed by atoms with Crippen LogP contribution >= 0.6 is 7.82 Å². The lowest BCUT2D eigenvalue weighted by Crippen LogP contribution is -2.29. The molecule has 0 saturated heterocycles. The SMILES string of the molecule is CC/C=C\C/C=C\C/C=C\C/C=C\CCCCC(=O)OC[C@H](COP(=O)(O)O)OC(=O)CCCCCCCCCCCCCCCCC. The molecule has 0 aliphatic rings. The Balaban J connectivity index is 4.03. The maximum Gasteiger partial charge on any atom is 0.469 e. The van der Waals surface area contributed by atoms with E-state index in [1.807, 2.05) is 0 Å². The van der Waals surface area contributed by atoms with E-state index in [1.54, 1.807) is 0 Å². The molecule has 1 atom stereocenters. The minimum atomic E-state index is -4.76. The van der Waals surface area contributed by atoms with Gasteiger partial charge in [0.1, 0.15) is 6.61 Å². The highest BCUT2D eigenvalue weighted by Crippen LogP contribution is 2.36. The van der Waals surface area contributed by atoms with Crippen LogP contribution in [0.1, 0.15) is 168 Å². The minimum Gasteiger partial charge on any atom is -0.462 e. The van der Waals surface area contributed by atoms with Gasteiger partial charge in [-0.25, -0.2) is 4.57 Å². The molecule has 278 valence electrons. The number of hydrogen-bond acceptors (Lipinski definition) is 6. The highest BCUT2D eigenvalue weighted by Gasteiger charge is 2.22. The van der Waals surface area contributed by atoms with Gasteiger partial charge in [-0.05, 0) is 51.4 Å². The van der Waals surface area contributed by atoms with Crippen LogP contribution in [0.4, 0.5) is 0 Å². The number of hydrogen-bond donors (Lipinski definition) is 2. The predicted molar refractivity (Wildman–Crippen MR) is 198 cm³/mol. The first-order valence-electron chi connectivity index (χ1n) is 18.9. The van der Waals surface area contributed by atoms with Gasteiger partial charge in [0.05, 0.1) is 6.61 Å². The van der Waals surface area contributed by atoms with Crippen molar-refractivity contribution in [3.05, 3.63) is 48.6 Å². The van der Waals surface area contributed by atoms with Crippen molar-refractivity contribution in [2.75, 3.05) is 13.2 Å². The Morgan fingerprint density at radius 3 is 1.50 bits per heavy atom. The highest BCUT2D eigenvalue weighted by atomic mass is 31.2. The molecule has 0 rings (SSSR count). The molecule has 0 fully saturated rings. The zero-order chi connectivity index (χ0) is 35.4. The molecule has 0 heterocycles. The summed E-state index contributed by atoms with van der Waals surface area (Å²) in [6.45, 7) is 3.53. The zero-order valence-corrected chi connectivity index (χ0v) is 31.3. The molecule has 0 aromatic heterocycles. The van der Waals surface area contributed by atoms with Crippen LogP contribution in [0.2, 0.25) is 0 Å². The second-order valence-corrected chi connectivity index (χ2v) is 13.8. The smallest absolute Gasteiger partial charge is 0.462 e. The maximum atomic E-state index is 12.4. The largest absolute Gasteiger partial charge is 0.469 e. The Kier molecular flexibility index (Phi) is 33.4. The van der Waals surface area contributed by atoms with E-state index in [0.717, 1.165) is 57.8 Å². The minimum absolute atomic E-state index is 0.204. The number of carbonyl (C=O) groups is 2. The number of carbonyl (C=O) groups excluding carboxylic acids is 2. The van der Waals surface area contributed by atoms with E-state index >= 15 is 0 Å². The predicted octanol–water partition coefficient (Wildman–Crippen LogP) is 11.2. The van der Waals surface area contributed by atoms with Crippen molar-refractivity contribution in [1.29, 1.82) is 0 Å². The molecule has 0 radical (unpaired) electrons. The molecule has 0 unspecified atom stereocenters. The van der Waals surface area contributed by atoms with Gasteiger partial charge < -0.3 is 19.3 Å². The average Bonchev–Trinajstić information content (AvgIpc) is 3.05. The van der Waals surface area contributed by atoms with Gasteiger partial charge in [0, 0.05) is 12.8 Å². The van der Waals surface area contributed by atoms with Gasteiger partial charge in [-0.2, -0.15) is 0 Å². The summed E-state index contributed by atoms with van der Waals surface area (Å²) in [4.78, 5) is 42.7. The lowest BCUT2D eigenvalue weighted by molar-refractivity contribution is -0.161. The van der Waals surface area contributed by atoms with Crippen molar-refractivity contribution < 1.29 is 37.9 Å². The van der Waals surface area contributed by atoms with Crippen LogP contribution in [0.5, 0.6) is 0 Å². The molecule has 48 heavy (non-hydrogen) atoms. The summed E-state index contributed by atoms with van der Waals surface area (Å²) in [5.74, 6) is -0.933. The summed E-state index contributed by atoms with van der Waals surface area (Å²) >= 11 is 0. The second kappa shape index (κ2) is 34.9. The summed E-state index contributed by atoms with van der Waals surface area (Å²) in [5.41, 5.74) is 0. The van der Waals surface area contributed by atoms with Crippen molar-refractivity contribution >= 4 is 19.8 Å². The molecule has 0 bridgehead atoms. The molecule has 0 saturated carbocycles. The highest BCUT2D eigenvalue weighted by molar-refractivity contribution is 7.46. The number of phosphoric acid groups is 1. The molecule has 9 heteroatoms. The van der Waals surface area contributed by atoms with E-state index < -0.39 is 32.5 Å². The quantitative estimate of drug-likeness (QED) is 0.0295. The zero-order valence-electron chi connectivity index (χ0n) is 30.4. The molecule has 0 amide bonds. The van der Waals surface area contributed by atoms with Crippen molar-refractivity contribution in [2.45, 2.75) is 174 Å². The average molecular weight is 697 g/mol. The summed E-state index contributed by atoms with van der Waals surface area (Å²) in [6, 6.07) is 0. The van der Waals surface area contributed by atoms with Crippen molar-refractivity contribution in [3.63, 3.8) is 0 Å². The molecule has 2 N–H and O–H groups in total. The Hall–Kier alpha value is -1.99. The lowest BCUT2D eigenvalue weighted by atomic mass is 10.0. The summed E-state index contributed by atoms with van der Waals surface area (Å²) in [6.07, 6.45) is 41.2. The van der Waals surface area contributed by atoms with E-state index in [0.29, 0.717) is 12.8 Å². The Morgan fingerprint density at radius 1 is 0.562 bits per heavy atom. The van der Waals surface area contributed by atoms with Crippen LogP contribution in [0.15, 0.2) is 48.6 Å². The van der Waals surface area contributed by atoms with E-state index in [9.17, 15) is 14.2 Å². The van der Waals surface area contributed by atoms with Crippen LogP contribution in [0, 0.1) is 0 Å². The lowest BCUT2D eigenvalue weighted by Gasteiger charge is -2.18. The number of ether oxygens (including phenoxy) is 2. The van der Waals surface area contributed by atoms with Crippen molar-refractivity contribution in [1.82, 2.24) is 0 Å². The van der Waals surface area contributed by atoms with Crippen LogP contribution < -0.4 is 0 Å². The summed E-state index contributed by atoms with van der Waals surface area (Å²) in [5, 5.41) is 0. The van der Waals surface area contributed by atoms with Crippen LogP contribution in [-0.2, 0) is 28.2 Å². The van der Waals surface area contributed by atoms with Crippen LogP contribution in [-0.4, -0.2) is 41.0 Å². The van der Waals surface area contributed by atoms with E-state index in [1.165, 1.54) is 70.6 Å². The van der Waals surface area contributed by atoms with Gasteiger partial charge in [0.2, 0.25) is 0 Å². The second-order valence-electron chi connectivity index (χ2n) is 12.5. The molecule has 0 aromatic rings. The van der Waals surface area contributed by atoms with E-state index in [2.05, 4.69) is 67.0 Å². The van der Waals surface area contributed by atoms with Gasteiger partial charge in [-0.15, -0.1) is 0 Å². The Bertz CT molecular complexity index is 921. The van der Waals surface area contributed by atoms with E-state index in [4.69, 9.17) is 19.3 Å². The van der Waals surface area contributed by atoms with Gasteiger partial charge in [0.25, 0.3) is 0 Å². The van der Waals surface area contributed by atoms with Gasteiger partial charge in [-0.1, -0.05) is 152 Å². The van der Waals surface area contributed by atoms with Gasteiger partial charge in [0.15, 0.2) is 6.10 Å². The fourth-order valence-corrected chi connectivity index (χ4v) is 5.43. The monoisotopic (exact) mass is 696 g/mol. The van der Waals surface area contributed by atoms with Crippen molar-refractivity contribution in [3.8, 4) is 0 Å². The number of phosphoric ester groups is 1. The normalized spacial score (nSPS) is 13.0. The molecule has 8 nitrogen and oxygen atoms in total. The number of rotatable bonds is 34. The molecule has 0 aliphatic heterocycles. The first-order chi connectivity index (χ1) is 23.3. The van der Waals surface area contributed by atoms with E-state index in [-0.39, 0.29) is 19.4 Å². The Labute approximate surface area is 293 Å². The third-order valence-electron chi connectivity index (χ3n) is 7.86. The van der Waals surface area contributed by atoms with Crippen LogP contribution in [0.25, 0.3) is 0 Å². The molecular formula is C39H69O8P. The van der Waals surface area contributed by atoms with Gasteiger partial charge in [-0.3, -0.25) is 14.1 Å². The summed E-state index contributed by atoms with van der Waals surface area (Å²) < 4.78 is 26.3. The fraction of sp³-hybridized carbons (Fsp3) is 0.744. The third-order valence-corrected chi connectivity index (χ3v) is 8.35. The standard InChI is InChI=1S/C39H69O8P/c1-3-5-7-9-11-13-15-17-19-21-23-25-27-29-31-33-38(40)45-35-37(36-46-48(42,43)44)47-39(41)34-32-30-28-26-24-22-20-18-16-14-12-10-8-6-4-2/h5,7,11,13,17,19,23,25,37H,3-4,6,8-10,12,14-16,18,20-22,24,26-36H2,1-2H3,(H2,42,43,44)/b7-5-,13-11-,19-17-,25-23-/t37-/m1/s1. The molecule has 0 spiro atoms. The molecule has 0 aliphatic carbocycles. The fourth-order valence-electron chi connectivity index (χ4n) is 5.07. The van der Waals surface area contributed by atoms with Gasteiger partial charge >= 0.3 is 19.8 Å². The topological polar surface area (TPSA) is 119 Å². The number of esters is 2. The third kappa shape index (κ3) is 36.8.